The number of benzene rings is 4. The number of aromatic nitrogens is 6. The van der Waals surface area contributed by atoms with Gasteiger partial charge < -0.3 is 40.9 Å². The van der Waals surface area contributed by atoms with Crippen LogP contribution >= 0.6 is 0 Å². The van der Waals surface area contributed by atoms with Gasteiger partial charge in [0.2, 0.25) is 11.6 Å². The molecule has 8 rings (SSSR count). The summed E-state index contributed by atoms with van der Waals surface area (Å²) in [6, 6.07) is 21.4. The molecule has 6 aromatic rings. The molecule has 20 heteroatoms. The van der Waals surface area contributed by atoms with Crippen LogP contribution < -0.4 is 10.6 Å². The van der Waals surface area contributed by atoms with Gasteiger partial charge in [-0.1, -0.05) is 65.8 Å². The second-order valence-electron chi connectivity index (χ2n) is 19.8. The molecule has 0 atom stereocenters. The summed E-state index contributed by atoms with van der Waals surface area (Å²) in [6.45, 7) is 23.0. The number of nitrogens with one attached hydrogen (secondary N) is 2. The first-order valence-electron chi connectivity index (χ1n) is 27.0. The summed E-state index contributed by atoms with van der Waals surface area (Å²) >= 11 is 0. The Morgan fingerprint density at radius 3 is 1.27 bits per heavy atom. The number of piperidine rings is 2. The Morgan fingerprint density at radius 1 is 0.564 bits per heavy atom. The van der Waals surface area contributed by atoms with E-state index in [4.69, 9.17) is 4.74 Å². The minimum atomic E-state index is -0.725. The summed E-state index contributed by atoms with van der Waals surface area (Å²) in [5, 5.41) is 73.5. The van der Waals surface area contributed by atoms with E-state index in [1.165, 1.54) is 12.1 Å². The number of aromatic hydroxyl groups is 4. The monoisotopic (exact) mass is 1070 g/mol. The van der Waals surface area contributed by atoms with Crippen molar-refractivity contribution in [3.8, 4) is 57.1 Å². The molecule has 418 valence electrons. The minimum absolute atomic E-state index is 0.00145. The van der Waals surface area contributed by atoms with Crippen LogP contribution in [0.15, 0.2) is 72.8 Å². The topological polar surface area (TPSA) is 271 Å². The summed E-state index contributed by atoms with van der Waals surface area (Å²) < 4.78 is 8.39. The smallest absolute Gasteiger partial charge is 0.309 e. The van der Waals surface area contributed by atoms with E-state index in [0.29, 0.717) is 78.5 Å². The Hall–Kier alpha value is -7.84. The Bertz CT molecular complexity index is 2990. The third-order valence-electron chi connectivity index (χ3n) is 13.8. The van der Waals surface area contributed by atoms with Gasteiger partial charge in [-0.3, -0.25) is 38.1 Å². The highest BCUT2D eigenvalue weighted by atomic mass is 16.5. The van der Waals surface area contributed by atoms with Crippen LogP contribution in [0.5, 0.6) is 23.0 Å². The van der Waals surface area contributed by atoms with Gasteiger partial charge in [-0.15, -0.1) is 20.4 Å². The lowest BCUT2D eigenvalue weighted by Gasteiger charge is -2.30. The van der Waals surface area contributed by atoms with E-state index in [1.807, 2.05) is 111 Å². The Morgan fingerprint density at radius 2 is 0.936 bits per heavy atom. The van der Waals surface area contributed by atoms with Crippen molar-refractivity contribution >= 4 is 23.8 Å². The van der Waals surface area contributed by atoms with Gasteiger partial charge in [0.05, 0.1) is 29.6 Å². The van der Waals surface area contributed by atoms with Crippen molar-refractivity contribution in [1.29, 1.82) is 0 Å². The molecule has 4 heterocycles. The van der Waals surface area contributed by atoms with E-state index in [2.05, 4.69) is 40.8 Å². The molecule has 2 saturated heterocycles. The van der Waals surface area contributed by atoms with Gasteiger partial charge in [-0.25, -0.2) is 0 Å². The zero-order valence-corrected chi connectivity index (χ0v) is 46.3. The lowest BCUT2D eigenvalue weighted by atomic mass is 9.96. The lowest BCUT2D eigenvalue weighted by Crippen LogP contribution is -2.36. The molecule has 78 heavy (non-hydrogen) atoms. The molecule has 0 spiro atoms. The van der Waals surface area contributed by atoms with E-state index >= 15 is 0 Å². The van der Waals surface area contributed by atoms with Crippen LogP contribution in [0.4, 0.5) is 0 Å². The molecule has 2 amide bonds. The fourth-order valence-corrected chi connectivity index (χ4v) is 9.59. The Balaban J connectivity index is 0.000000245. The van der Waals surface area contributed by atoms with Crippen LogP contribution in [0.1, 0.15) is 143 Å². The third-order valence-corrected chi connectivity index (χ3v) is 13.8. The highest BCUT2D eigenvalue weighted by Crippen LogP contribution is 2.40. The number of phenolic OH excluding ortho intramolecular Hbond substituents is 4. The number of hydrogen-bond donors (Lipinski definition) is 7. The second kappa shape index (κ2) is 27.5. The zero-order valence-electron chi connectivity index (χ0n) is 46.3. The van der Waals surface area contributed by atoms with E-state index in [-0.39, 0.29) is 76.0 Å². The molecule has 2 fully saturated rings. The number of amides is 2. The number of aliphatic carboxylic acids is 1. The molecule has 2 aromatic heterocycles. The molecule has 0 bridgehead atoms. The van der Waals surface area contributed by atoms with Crippen LogP contribution in [-0.2, 0) is 27.4 Å². The maximum atomic E-state index is 12.9. The highest BCUT2D eigenvalue weighted by Gasteiger charge is 2.29. The number of rotatable bonds is 17. The first kappa shape index (κ1) is 59.4. The van der Waals surface area contributed by atoms with Gasteiger partial charge in [0.1, 0.15) is 23.0 Å². The van der Waals surface area contributed by atoms with Crippen molar-refractivity contribution in [1.82, 2.24) is 50.0 Å². The van der Waals surface area contributed by atoms with Crippen molar-refractivity contribution in [3.05, 3.63) is 107 Å². The number of nitrogens with zero attached hydrogens (tertiary/aromatic N) is 8. The maximum absolute atomic E-state index is 12.9. The average Bonchev–Trinajstić information content (AvgIpc) is 4.09. The molecule has 0 saturated carbocycles. The van der Waals surface area contributed by atoms with Crippen LogP contribution in [0.2, 0.25) is 0 Å². The SMILES string of the molecule is CC.CCNC(=O)c1nnc(-c2cc(C(C)C)c(O)cc2O)n1-c1ccc(CN2CCC(C(=O)O)CC2)cc1.CCNC(=O)c1nnc(-c2cc(C(C)C)c(O)cc2O)n1-c1ccc(CN2CCC(C(=O)OCC)CC2)cc1. The number of carboxylic acid groups (broad SMARTS) is 1. The number of esters is 1. The standard InChI is InChI=1S/C29H37N5O5.C27H33N5O5.C2H6/c1-5-30-28(37)27-32-31-26(23-15-22(18(3)4)24(35)16-25(23)36)34(27)21-9-7-19(8-10-21)17-33-13-11-20(12-14-33)29(38)39-6-2;1-4-28-26(35)25-30-29-24(21-13-20(16(2)3)22(33)14-23(21)34)32(25)19-7-5-17(6-8-19)15-31-11-9-18(10-12-31)27(36)37;1-2/h7-10,15-16,18,20,35-36H,5-6,11-14,17H2,1-4H3,(H,30,37);5-8,13-14,16,18,33-34H,4,9-12,15H2,1-3H3,(H,28,35)(H,36,37);1-2H3. The number of carbonyl (C=O) groups excluding carboxylic acids is 3. The van der Waals surface area contributed by atoms with E-state index in [9.17, 15) is 44.7 Å². The van der Waals surface area contributed by atoms with Gasteiger partial charge in [0.15, 0.2) is 11.6 Å². The quantitative estimate of drug-likeness (QED) is 0.0422. The highest BCUT2D eigenvalue weighted by molar-refractivity contribution is 5.93. The fourth-order valence-electron chi connectivity index (χ4n) is 9.59. The molecular formula is C58H76N10O10. The largest absolute Gasteiger partial charge is 0.508 e. The first-order chi connectivity index (χ1) is 37.4. The molecular weight excluding hydrogens is 997 g/mol. The number of carbonyl (C=O) groups is 4. The van der Waals surface area contributed by atoms with Crippen LogP contribution in [0, 0.1) is 11.8 Å². The van der Waals surface area contributed by atoms with Gasteiger partial charge in [0, 0.05) is 49.7 Å². The summed E-state index contributed by atoms with van der Waals surface area (Å²) in [5.74, 6) is -1.49. The normalized spacial score (nSPS) is 14.3. The van der Waals surface area contributed by atoms with Crippen LogP contribution in [-0.4, -0.2) is 134 Å². The van der Waals surface area contributed by atoms with Gasteiger partial charge >= 0.3 is 11.9 Å². The third kappa shape index (κ3) is 14.2. The summed E-state index contributed by atoms with van der Waals surface area (Å²) in [6.07, 6.45) is 2.85. The molecule has 2 aliphatic rings. The number of hydrogen-bond acceptors (Lipinski definition) is 15. The van der Waals surface area contributed by atoms with Crippen LogP contribution in [0.25, 0.3) is 34.2 Å². The number of carboxylic acids is 1. The van der Waals surface area contributed by atoms with Crippen molar-refractivity contribution in [2.75, 3.05) is 45.9 Å². The van der Waals surface area contributed by atoms with E-state index < -0.39 is 11.9 Å². The summed E-state index contributed by atoms with van der Waals surface area (Å²) in [4.78, 5) is 53.5. The molecule has 0 radical (unpaired) electrons. The van der Waals surface area contributed by atoms with Crippen molar-refractivity contribution in [3.63, 3.8) is 0 Å². The van der Waals surface area contributed by atoms with Gasteiger partial charge in [0.25, 0.3) is 11.8 Å². The van der Waals surface area contributed by atoms with Crippen LogP contribution in [0.3, 0.4) is 0 Å². The molecule has 20 nitrogen and oxygen atoms in total. The predicted octanol–water partition coefficient (Wildman–Crippen LogP) is 8.54. The van der Waals surface area contributed by atoms with E-state index in [0.717, 1.165) is 56.7 Å². The van der Waals surface area contributed by atoms with Gasteiger partial charge in [-0.2, -0.15) is 0 Å². The zero-order chi connectivity index (χ0) is 56.8. The Kier molecular flexibility index (Phi) is 20.9. The summed E-state index contributed by atoms with van der Waals surface area (Å²) in [5.41, 5.74) is 5.48. The minimum Gasteiger partial charge on any atom is -0.508 e. The van der Waals surface area contributed by atoms with Crippen molar-refractivity contribution in [2.45, 2.75) is 113 Å². The van der Waals surface area contributed by atoms with Gasteiger partial charge in [-0.05, 0) is 143 Å². The second-order valence-corrected chi connectivity index (χ2v) is 19.8. The number of likely N-dealkylation sites (tertiary alicyclic amines) is 2. The average molecular weight is 1070 g/mol. The van der Waals surface area contributed by atoms with E-state index in [1.54, 1.807) is 21.3 Å². The number of phenols is 4. The molecule has 0 aliphatic carbocycles. The number of ether oxygens (including phenoxy) is 1. The molecule has 0 unspecified atom stereocenters. The predicted molar refractivity (Wildman–Crippen MR) is 296 cm³/mol. The molecule has 7 N–H and O–H groups in total. The van der Waals surface area contributed by atoms with Crippen molar-refractivity contribution in [2.24, 2.45) is 11.8 Å². The summed E-state index contributed by atoms with van der Waals surface area (Å²) in [7, 11) is 0. The van der Waals surface area contributed by atoms with Crippen molar-refractivity contribution < 1.29 is 49.4 Å². The first-order valence-corrected chi connectivity index (χ1v) is 27.0. The Labute approximate surface area is 456 Å². The molecule has 4 aromatic carbocycles. The lowest BCUT2D eigenvalue weighted by molar-refractivity contribution is -0.149. The maximum Gasteiger partial charge on any atom is 0.309 e. The fraction of sp³-hybridized carbons (Fsp3) is 0.448. The molecule has 2 aliphatic heterocycles.